The molecule has 0 unspecified atom stereocenters. The number of morpholine rings is 1. The molecule has 2 atom stereocenters. The van der Waals surface area contributed by atoms with E-state index in [9.17, 15) is 0 Å². The first kappa shape index (κ1) is 16.1. The van der Waals surface area contributed by atoms with Crippen LogP contribution in [-0.2, 0) is 4.74 Å². The summed E-state index contributed by atoms with van der Waals surface area (Å²) in [6.07, 6.45) is 0.782. The van der Waals surface area contributed by atoms with Crippen LogP contribution < -0.4 is 9.47 Å². The Morgan fingerprint density at radius 2 is 1.86 bits per heavy atom. The van der Waals surface area contributed by atoms with E-state index < -0.39 is 0 Å². The van der Waals surface area contributed by atoms with Crippen molar-refractivity contribution in [2.45, 2.75) is 46.0 Å². The number of rotatable bonds is 6. The van der Waals surface area contributed by atoms with Crippen molar-refractivity contribution >= 4 is 0 Å². The molecule has 0 spiro atoms. The average Bonchev–Trinajstić information content (AvgIpc) is 2.37. The van der Waals surface area contributed by atoms with Gasteiger partial charge in [-0.1, -0.05) is 6.07 Å². The Hall–Kier alpha value is -1.26. The highest BCUT2D eigenvalue weighted by Gasteiger charge is 2.21. The third kappa shape index (κ3) is 5.56. The quantitative estimate of drug-likeness (QED) is 0.807. The third-order valence-corrected chi connectivity index (χ3v) is 3.35. The van der Waals surface area contributed by atoms with Crippen LogP contribution >= 0.6 is 0 Å². The Balaban J connectivity index is 1.78. The van der Waals surface area contributed by atoms with Gasteiger partial charge in [-0.05, 0) is 39.8 Å². The molecule has 1 aromatic rings. The second-order valence-corrected chi connectivity index (χ2v) is 6.01. The van der Waals surface area contributed by atoms with Gasteiger partial charge in [-0.15, -0.1) is 0 Å². The lowest BCUT2D eigenvalue weighted by Gasteiger charge is -2.35. The van der Waals surface area contributed by atoms with Crippen LogP contribution in [-0.4, -0.2) is 49.5 Å². The maximum atomic E-state index is 5.84. The van der Waals surface area contributed by atoms with Gasteiger partial charge in [0.25, 0.3) is 0 Å². The smallest absolute Gasteiger partial charge is 0.123 e. The molecule has 4 nitrogen and oxygen atoms in total. The standard InChI is InChI=1S/C17H27NO3/c1-13(2)20-17-7-5-6-16(10-17)19-9-8-18-11-14(3)21-15(4)12-18/h5-7,10,13-15H,8-9,11-12H2,1-4H3/t14-,15-/m0/s1. The maximum Gasteiger partial charge on any atom is 0.123 e. The summed E-state index contributed by atoms with van der Waals surface area (Å²) in [5, 5.41) is 0. The Morgan fingerprint density at radius 1 is 1.19 bits per heavy atom. The first-order chi connectivity index (χ1) is 10.0. The van der Waals surface area contributed by atoms with E-state index in [1.165, 1.54) is 0 Å². The molecule has 2 rings (SSSR count). The maximum absolute atomic E-state index is 5.84. The summed E-state index contributed by atoms with van der Waals surface area (Å²) in [4.78, 5) is 2.40. The minimum atomic E-state index is 0.177. The molecule has 0 N–H and O–H groups in total. The summed E-state index contributed by atoms with van der Waals surface area (Å²) in [7, 11) is 0. The molecule has 0 saturated carbocycles. The highest BCUT2D eigenvalue weighted by atomic mass is 16.5. The largest absolute Gasteiger partial charge is 0.492 e. The van der Waals surface area contributed by atoms with Gasteiger partial charge in [-0.2, -0.15) is 0 Å². The fourth-order valence-corrected chi connectivity index (χ4v) is 2.67. The van der Waals surface area contributed by atoms with Crippen LogP contribution in [0.25, 0.3) is 0 Å². The van der Waals surface area contributed by atoms with Crippen LogP contribution in [0.15, 0.2) is 24.3 Å². The van der Waals surface area contributed by atoms with E-state index in [0.717, 1.165) is 31.1 Å². The van der Waals surface area contributed by atoms with Crippen LogP contribution in [0.3, 0.4) is 0 Å². The molecule has 4 heteroatoms. The fraction of sp³-hybridized carbons (Fsp3) is 0.647. The Labute approximate surface area is 128 Å². The Bertz CT molecular complexity index is 426. The van der Waals surface area contributed by atoms with Gasteiger partial charge < -0.3 is 14.2 Å². The van der Waals surface area contributed by atoms with Crippen LogP contribution in [0.5, 0.6) is 11.5 Å². The molecule has 1 aliphatic rings. The number of hydrogen-bond acceptors (Lipinski definition) is 4. The Kier molecular flexibility index (Phi) is 5.88. The van der Waals surface area contributed by atoms with Crippen molar-refractivity contribution in [3.05, 3.63) is 24.3 Å². The third-order valence-electron chi connectivity index (χ3n) is 3.35. The monoisotopic (exact) mass is 293 g/mol. The normalized spacial score (nSPS) is 23.3. The summed E-state index contributed by atoms with van der Waals surface area (Å²) in [6, 6.07) is 7.84. The predicted molar refractivity (Wildman–Crippen MR) is 84.2 cm³/mol. The van der Waals surface area contributed by atoms with Gasteiger partial charge in [0.15, 0.2) is 0 Å². The zero-order valence-electron chi connectivity index (χ0n) is 13.5. The number of nitrogens with zero attached hydrogens (tertiary/aromatic N) is 1. The van der Waals surface area contributed by atoms with Gasteiger partial charge in [0, 0.05) is 25.7 Å². The zero-order chi connectivity index (χ0) is 15.2. The molecule has 0 aromatic heterocycles. The fourth-order valence-electron chi connectivity index (χ4n) is 2.67. The van der Waals surface area contributed by atoms with E-state index in [-0.39, 0.29) is 6.10 Å². The molecular weight excluding hydrogens is 266 g/mol. The molecule has 0 bridgehead atoms. The molecule has 0 aliphatic carbocycles. The van der Waals surface area contributed by atoms with Crippen molar-refractivity contribution < 1.29 is 14.2 Å². The summed E-state index contributed by atoms with van der Waals surface area (Å²) in [6.45, 7) is 11.8. The van der Waals surface area contributed by atoms with Crippen LogP contribution in [0.4, 0.5) is 0 Å². The first-order valence-corrected chi connectivity index (χ1v) is 7.80. The van der Waals surface area contributed by atoms with Crippen molar-refractivity contribution in [3.63, 3.8) is 0 Å². The van der Waals surface area contributed by atoms with Crippen molar-refractivity contribution in [3.8, 4) is 11.5 Å². The minimum Gasteiger partial charge on any atom is -0.492 e. The van der Waals surface area contributed by atoms with E-state index in [0.29, 0.717) is 18.8 Å². The molecule has 1 aromatic carbocycles. The summed E-state index contributed by atoms with van der Waals surface area (Å²) >= 11 is 0. The lowest BCUT2D eigenvalue weighted by Crippen LogP contribution is -2.46. The van der Waals surface area contributed by atoms with Crippen LogP contribution in [0, 0.1) is 0 Å². The minimum absolute atomic E-state index is 0.177. The van der Waals surface area contributed by atoms with Gasteiger partial charge >= 0.3 is 0 Å². The lowest BCUT2D eigenvalue weighted by molar-refractivity contribution is -0.0699. The molecule has 0 amide bonds. The highest BCUT2D eigenvalue weighted by molar-refractivity contribution is 5.33. The highest BCUT2D eigenvalue weighted by Crippen LogP contribution is 2.20. The summed E-state index contributed by atoms with van der Waals surface area (Å²) < 4.78 is 17.2. The van der Waals surface area contributed by atoms with Gasteiger partial charge in [0.1, 0.15) is 18.1 Å². The van der Waals surface area contributed by atoms with Crippen molar-refractivity contribution in [2.24, 2.45) is 0 Å². The van der Waals surface area contributed by atoms with Crippen LogP contribution in [0.2, 0.25) is 0 Å². The Morgan fingerprint density at radius 3 is 2.52 bits per heavy atom. The van der Waals surface area contributed by atoms with Crippen molar-refractivity contribution in [1.82, 2.24) is 4.90 Å². The molecule has 1 aliphatic heterocycles. The SMILES string of the molecule is CC(C)Oc1cccc(OCCN2C[C@H](C)O[C@@H](C)C2)c1. The number of hydrogen-bond donors (Lipinski definition) is 0. The van der Waals surface area contributed by atoms with E-state index in [2.05, 4.69) is 18.7 Å². The molecule has 1 saturated heterocycles. The average molecular weight is 293 g/mol. The zero-order valence-corrected chi connectivity index (χ0v) is 13.5. The van der Waals surface area contributed by atoms with Gasteiger partial charge in [0.05, 0.1) is 18.3 Å². The number of ether oxygens (including phenoxy) is 3. The van der Waals surface area contributed by atoms with Gasteiger partial charge in [0.2, 0.25) is 0 Å². The van der Waals surface area contributed by atoms with Crippen molar-refractivity contribution in [1.29, 1.82) is 0 Å². The molecular formula is C17H27NO3. The molecule has 0 radical (unpaired) electrons. The molecule has 1 heterocycles. The lowest BCUT2D eigenvalue weighted by atomic mass is 10.2. The van der Waals surface area contributed by atoms with Crippen molar-refractivity contribution in [2.75, 3.05) is 26.2 Å². The molecule has 1 fully saturated rings. The van der Waals surface area contributed by atoms with Gasteiger partial charge in [-0.25, -0.2) is 0 Å². The number of benzene rings is 1. The summed E-state index contributed by atoms with van der Waals surface area (Å²) in [5.74, 6) is 1.72. The summed E-state index contributed by atoms with van der Waals surface area (Å²) in [5.41, 5.74) is 0. The predicted octanol–water partition coefficient (Wildman–Crippen LogP) is 2.96. The van der Waals surface area contributed by atoms with Crippen LogP contribution in [0.1, 0.15) is 27.7 Å². The van der Waals surface area contributed by atoms with Gasteiger partial charge in [-0.3, -0.25) is 4.90 Å². The second kappa shape index (κ2) is 7.66. The van der Waals surface area contributed by atoms with E-state index in [1.807, 2.05) is 38.1 Å². The molecule has 21 heavy (non-hydrogen) atoms. The second-order valence-electron chi connectivity index (χ2n) is 6.01. The van der Waals surface area contributed by atoms with E-state index >= 15 is 0 Å². The first-order valence-electron chi connectivity index (χ1n) is 7.80. The van der Waals surface area contributed by atoms with E-state index in [1.54, 1.807) is 0 Å². The van der Waals surface area contributed by atoms with E-state index in [4.69, 9.17) is 14.2 Å². The topological polar surface area (TPSA) is 30.9 Å². The molecule has 118 valence electrons.